The number of thioether (sulfide) groups is 1. The third kappa shape index (κ3) is 6.20. The number of hydrogen-bond donors (Lipinski definition) is 0. The molecule has 6 nitrogen and oxygen atoms in total. The van der Waals surface area contributed by atoms with Gasteiger partial charge in [-0.3, -0.25) is 9.69 Å². The largest absolute Gasteiger partial charge is 0.494 e. The van der Waals surface area contributed by atoms with Gasteiger partial charge in [-0.2, -0.15) is 5.10 Å². The highest BCUT2D eigenvalue weighted by atomic mass is 32.2. The molecule has 0 unspecified atom stereocenters. The minimum atomic E-state index is -0.0776. The Bertz CT molecular complexity index is 1210. The maximum atomic E-state index is 13.1. The minimum absolute atomic E-state index is 0.0776. The Morgan fingerprint density at radius 3 is 2.69 bits per heavy atom. The lowest BCUT2D eigenvalue weighted by atomic mass is 10.1. The molecule has 0 atom stereocenters. The first-order valence-electron chi connectivity index (χ1n) is 11.7. The number of ether oxygens (including phenoxy) is 2. The number of unbranched alkanes of at least 4 members (excludes halogenated alkanes) is 1. The number of nitrogens with zero attached hydrogens (tertiary/aromatic N) is 3. The Kier molecular flexibility index (Phi) is 8.74. The summed E-state index contributed by atoms with van der Waals surface area (Å²) >= 11 is 6.81. The van der Waals surface area contributed by atoms with E-state index in [1.54, 1.807) is 12.0 Å². The van der Waals surface area contributed by atoms with Gasteiger partial charge in [-0.05, 0) is 43.2 Å². The topological polar surface area (TPSA) is 56.6 Å². The molecule has 0 saturated carbocycles. The lowest BCUT2D eigenvalue weighted by molar-refractivity contribution is -0.122. The molecule has 0 radical (unpaired) electrons. The molecule has 0 N–H and O–H groups in total. The Hall–Kier alpha value is -2.94. The van der Waals surface area contributed by atoms with Crippen LogP contribution in [0.3, 0.4) is 0 Å². The van der Waals surface area contributed by atoms with Crippen molar-refractivity contribution in [1.29, 1.82) is 0 Å². The maximum Gasteiger partial charge on any atom is 0.266 e. The predicted octanol–water partition coefficient (Wildman–Crippen LogP) is 5.96. The first-order chi connectivity index (χ1) is 17.1. The Morgan fingerprint density at radius 1 is 1.09 bits per heavy atom. The second kappa shape index (κ2) is 12.2. The van der Waals surface area contributed by atoms with Crippen molar-refractivity contribution < 1.29 is 14.3 Å². The van der Waals surface area contributed by atoms with Crippen molar-refractivity contribution >= 4 is 40.3 Å². The summed E-state index contributed by atoms with van der Waals surface area (Å²) in [7, 11) is 1.65. The third-order valence-electron chi connectivity index (χ3n) is 5.53. The molecule has 1 saturated heterocycles. The summed E-state index contributed by atoms with van der Waals surface area (Å²) in [6, 6.07) is 17.9. The summed E-state index contributed by atoms with van der Waals surface area (Å²) in [5.41, 5.74) is 3.49. The molecule has 1 aliphatic rings. The van der Waals surface area contributed by atoms with Gasteiger partial charge in [0, 0.05) is 37.6 Å². The van der Waals surface area contributed by atoms with Crippen molar-refractivity contribution in [3.05, 3.63) is 71.3 Å². The van der Waals surface area contributed by atoms with Crippen LogP contribution in [-0.4, -0.2) is 51.8 Å². The average molecular weight is 508 g/mol. The van der Waals surface area contributed by atoms with E-state index in [1.807, 2.05) is 71.6 Å². The third-order valence-corrected chi connectivity index (χ3v) is 6.91. The van der Waals surface area contributed by atoms with Gasteiger partial charge in [-0.1, -0.05) is 67.7 Å². The fraction of sp³-hybridized carbons (Fsp3) is 0.296. The van der Waals surface area contributed by atoms with Gasteiger partial charge < -0.3 is 9.47 Å². The van der Waals surface area contributed by atoms with Crippen LogP contribution < -0.4 is 4.74 Å². The van der Waals surface area contributed by atoms with Crippen LogP contribution in [0.1, 0.15) is 31.7 Å². The minimum Gasteiger partial charge on any atom is -0.494 e. The van der Waals surface area contributed by atoms with E-state index in [2.05, 4.69) is 6.92 Å². The average Bonchev–Trinajstić information content (AvgIpc) is 3.41. The number of rotatable bonds is 11. The first kappa shape index (κ1) is 25.2. The molecule has 3 aromatic rings. The molecular formula is C27H29N3O3S2. The summed E-state index contributed by atoms with van der Waals surface area (Å²) in [5.74, 6) is 0.729. The standard InChI is InChI=1S/C27H29N3O3S2/c1-3-4-16-33-23-13-8-10-20(17-23)25-21(19-30(28-25)22-11-6-5-7-12-22)18-24-26(31)29(27(34)35-24)14-9-15-32-2/h5-8,10-13,17-19H,3-4,9,14-16H2,1-2H3. The highest BCUT2D eigenvalue weighted by molar-refractivity contribution is 8.26. The van der Waals surface area contributed by atoms with Crippen LogP contribution in [0.15, 0.2) is 65.7 Å². The zero-order valence-electron chi connectivity index (χ0n) is 20.0. The van der Waals surface area contributed by atoms with E-state index in [9.17, 15) is 4.79 Å². The molecule has 0 aliphatic carbocycles. The number of carbonyl (C=O) groups is 1. The molecule has 2 aromatic carbocycles. The molecule has 1 fully saturated rings. The number of amides is 1. The molecule has 1 aliphatic heterocycles. The van der Waals surface area contributed by atoms with Gasteiger partial charge in [0.2, 0.25) is 0 Å². The zero-order chi connectivity index (χ0) is 24.6. The predicted molar refractivity (Wildman–Crippen MR) is 146 cm³/mol. The fourth-order valence-electron chi connectivity index (χ4n) is 3.70. The number of methoxy groups -OCH3 is 1. The van der Waals surface area contributed by atoms with Crippen molar-refractivity contribution in [3.63, 3.8) is 0 Å². The number of benzene rings is 2. The molecule has 1 amide bonds. The zero-order valence-corrected chi connectivity index (χ0v) is 21.6. The van der Waals surface area contributed by atoms with Gasteiger partial charge >= 0.3 is 0 Å². The quantitative estimate of drug-likeness (QED) is 0.181. The molecule has 4 rings (SSSR count). The van der Waals surface area contributed by atoms with Gasteiger partial charge in [-0.25, -0.2) is 4.68 Å². The van der Waals surface area contributed by atoms with Crippen molar-refractivity contribution in [2.75, 3.05) is 26.9 Å². The van der Waals surface area contributed by atoms with Crippen LogP contribution in [-0.2, 0) is 9.53 Å². The molecule has 2 heterocycles. The van der Waals surface area contributed by atoms with Gasteiger partial charge in [0.15, 0.2) is 0 Å². The van der Waals surface area contributed by atoms with Crippen molar-refractivity contribution in [1.82, 2.24) is 14.7 Å². The second-order valence-corrected chi connectivity index (χ2v) is 9.80. The molecule has 35 heavy (non-hydrogen) atoms. The molecule has 1 aromatic heterocycles. The van der Waals surface area contributed by atoms with Crippen LogP contribution in [0, 0.1) is 0 Å². The van der Waals surface area contributed by atoms with Gasteiger partial charge in [0.1, 0.15) is 15.8 Å². The van der Waals surface area contributed by atoms with E-state index in [0.29, 0.717) is 29.0 Å². The van der Waals surface area contributed by atoms with Crippen molar-refractivity contribution in [2.24, 2.45) is 0 Å². The van der Waals surface area contributed by atoms with Gasteiger partial charge in [0.25, 0.3) is 5.91 Å². The number of thiocarbonyl (C=S) groups is 1. The first-order valence-corrected chi connectivity index (χ1v) is 13.0. The normalized spacial score (nSPS) is 14.8. The van der Waals surface area contributed by atoms with E-state index >= 15 is 0 Å². The summed E-state index contributed by atoms with van der Waals surface area (Å²) < 4.78 is 13.5. The van der Waals surface area contributed by atoms with E-state index in [1.165, 1.54) is 11.8 Å². The summed E-state index contributed by atoms with van der Waals surface area (Å²) in [5, 5.41) is 4.89. The van der Waals surface area contributed by atoms with Crippen LogP contribution in [0.25, 0.3) is 23.0 Å². The Labute approximate surface area is 215 Å². The van der Waals surface area contributed by atoms with Crippen LogP contribution >= 0.6 is 24.0 Å². The number of hydrogen-bond acceptors (Lipinski definition) is 6. The monoisotopic (exact) mass is 507 g/mol. The SMILES string of the molecule is CCCCOc1cccc(-c2nn(-c3ccccc3)cc2C=C2SC(=S)N(CCCOC)C2=O)c1. The Morgan fingerprint density at radius 2 is 1.91 bits per heavy atom. The summed E-state index contributed by atoms with van der Waals surface area (Å²) in [4.78, 5) is 15.3. The molecular weight excluding hydrogens is 478 g/mol. The lowest BCUT2D eigenvalue weighted by Gasteiger charge is -2.13. The second-order valence-electron chi connectivity index (χ2n) is 8.12. The van der Waals surface area contributed by atoms with Gasteiger partial charge in [0.05, 0.1) is 17.2 Å². The molecule has 8 heteroatoms. The van der Waals surface area contributed by atoms with E-state index in [0.717, 1.165) is 47.5 Å². The Balaban J connectivity index is 1.69. The van der Waals surface area contributed by atoms with Crippen molar-refractivity contribution in [3.8, 4) is 22.7 Å². The lowest BCUT2D eigenvalue weighted by Crippen LogP contribution is -2.29. The van der Waals surface area contributed by atoms with Crippen molar-refractivity contribution in [2.45, 2.75) is 26.2 Å². The van der Waals surface area contributed by atoms with E-state index < -0.39 is 0 Å². The summed E-state index contributed by atoms with van der Waals surface area (Å²) in [6.45, 7) is 3.95. The molecule has 0 spiro atoms. The highest BCUT2D eigenvalue weighted by Crippen LogP contribution is 2.35. The summed E-state index contributed by atoms with van der Waals surface area (Å²) in [6.07, 6.45) is 6.66. The number of para-hydroxylation sites is 1. The van der Waals surface area contributed by atoms with Gasteiger partial charge in [-0.15, -0.1) is 0 Å². The number of carbonyl (C=O) groups excluding carboxylic acids is 1. The molecule has 182 valence electrons. The van der Waals surface area contributed by atoms with E-state index in [4.69, 9.17) is 26.8 Å². The smallest absolute Gasteiger partial charge is 0.266 e. The fourth-order valence-corrected chi connectivity index (χ4v) is 5.00. The highest BCUT2D eigenvalue weighted by Gasteiger charge is 2.32. The maximum absolute atomic E-state index is 13.1. The van der Waals surface area contributed by atoms with Crippen LogP contribution in [0.5, 0.6) is 5.75 Å². The molecule has 0 bridgehead atoms. The number of aromatic nitrogens is 2. The van der Waals surface area contributed by atoms with Crippen LogP contribution in [0.2, 0.25) is 0 Å². The van der Waals surface area contributed by atoms with E-state index in [-0.39, 0.29) is 5.91 Å². The van der Waals surface area contributed by atoms with Crippen LogP contribution in [0.4, 0.5) is 0 Å².